The Morgan fingerprint density at radius 3 is 1.65 bits per heavy atom. The summed E-state index contributed by atoms with van der Waals surface area (Å²) in [7, 11) is 0. The summed E-state index contributed by atoms with van der Waals surface area (Å²) in [5.74, 6) is -3.12. The van der Waals surface area contributed by atoms with Gasteiger partial charge < -0.3 is 38.2 Å². The summed E-state index contributed by atoms with van der Waals surface area (Å²) >= 11 is 0. The monoisotopic (exact) mass is 1170 g/mol. The van der Waals surface area contributed by atoms with Crippen LogP contribution in [0.1, 0.15) is 124 Å². The van der Waals surface area contributed by atoms with Crippen molar-refractivity contribution in [3.05, 3.63) is 153 Å². The van der Waals surface area contributed by atoms with Gasteiger partial charge in [0.15, 0.2) is 11.4 Å². The third-order valence-corrected chi connectivity index (χ3v) is 14.3. The first-order chi connectivity index (χ1) is 39.9. The van der Waals surface area contributed by atoms with Crippen LogP contribution in [0.2, 0.25) is 0 Å². The van der Waals surface area contributed by atoms with Gasteiger partial charge >= 0.3 is 30.4 Å². The molecule has 2 unspecified atom stereocenters. The molecule has 2 fully saturated rings. The Morgan fingerprint density at radius 2 is 1.17 bits per heavy atom. The average Bonchev–Trinajstić information content (AvgIpc) is 3.71. The van der Waals surface area contributed by atoms with Crippen LogP contribution in [0.25, 0.3) is 0 Å². The maximum Gasteiger partial charge on any atom is 0.508 e. The molecule has 1 aliphatic carbocycles. The fraction of sp³-hybridized carbons (Fsp3) is 0.476. The predicted octanol–water partition coefficient (Wildman–Crippen LogP) is 14.1. The third-order valence-electron chi connectivity index (χ3n) is 14.3. The van der Waals surface area contributed by atoms with E-state index in [1.54, 1.807) is 29.7 Å². The van der Waals surface area contributed by atoms with Crippen molar-refractivity contribution in [3.63, 3.8) is 0 Å². The topological polar surface area (TPSA) is 165 Å². The molecule has 0 bridgehead atoms. The van der Waals surface area contributed by atoms with Gasteiger partial charge in [0.1, 0.15) is 37.9 Å². The molecular formula is C63H76F6N6O9. The first-order valence-corrected chi connectivity index (χ1v) is 28.2. The Kier molecular flexibility index (Phi) is 23.5. The van der Waals surface area contributed by atoms with Crippen LogP contribution in [0.5, 0.6) is 11.5 Å². The molecule has 15 nitrogen and oxygen atoms in total. The quantitative estimate of drug-likeness (QED) is 0.0316. The Labute approximate surface area is 487 Å². The second-order valence-electron chi connectivity index (χ2n) is 21.6. The zero-order chi connectivity index (χ0) is 61.2. The molecule has 2 aromatic heterocycles. The smallest absolute Gasteiger partial charge is 0.493 e. The molecule has 0 saturated carbocycles. The van der Waals surface area contributed by atoms with Crippen molar-refractivity contribution in [1.29, 1.82) is 0 Å². The molecule has 454 valence electrons. The van der Waals surface area contributed by atoms with Gasteiger partial charge in [-0.25, -0.2) is 34.3 Å². The summed E-state index contributed by atoms with van der Waals surface area (Å²) in [6.45, 7) is 18.2. The van der Waals surface area contributed by atoms with E-state index < -0.39 is 67.3 Å². The fourth-order valence-electron chi connectivity index (χ4n) is 9.82. The van der Waals surface area contributed by atoms with E-state index in [1.807, 2.05) is 45.9 Å². The lowest BCUT2D eigenvalue weighted by Crippen LogP contribution is -2.28. The van der Waals surface area contributed by atoms with Crippen LogP contribution in [0.15, 0.2) is 119 Å². The van der Waals surface area contributed by atoms with E-state index in [1.165, 1.54) is 66.1 Å². The molecule has 2 aromatic carbocycles. The number of carbonyl (C=O) groups is 3. The molecular weight excluding hydrogens is 1100 g/mol. The van der Waals surface area contributed by atoms with Gasteiger partial charge in [-0.05, 0) is 120 Å². The number of ether oxygens (including phenoxy) is 6. The van der Waals surface area contributed by atoms with Crippen molar-refractivity contribution in [2.75, 3.05) is 75.6 Å². The minimum Gasteiger partial charge on any atom is -0.493 e. The number of benzene rings is 2. The van der Waals surface area contributed by atoms with Gasteiger partial charge in [-0.3, -0.25) is 0 Å². The molecule has 4 aromatic rings. The fourth-order valence-corrected chi connectivity index (χ4v) is 9.82. The van der Waals surface area contributed by atoms with Crippen molar-refractivity contribution in [2.45, 2.75) is 107 Å². The number of carbonyl (C=O) groups excluding carboxylic acids is 3. The molecule has 2 saturated heterocycles. The Bertz CT molecular complexity index is 2920. The number of aryl methyl sites for hydroxylation is 2. The highest BCUT2D eigenvalue weighted by atomic mass is 19.4. The molecule has 2 aliphatic heterocycles. The maximum absolute atomic E-state index is 13.7. The van der Waals surface area contributed by atoms with Gasteiger partial charge in [-0.2, -0.15) is 26.3 Å². The van der Waals surface area contributed by atoms with E-state index in [2.05, 4.69) is 52.9 Å². The summed E-state index contributed by atoms with van der Waals surface area (Å²) in [5, 5.41) is 0. The average molecular weight is 1180 g/mol. The number of hydrogen-bond donors (Lipinski definition) is 0. The van der Waals surface area contributed by atoms with E-state index in [0.29, 0.717) is 50.4 Å². The van der Waals surface area contributed by atoms with E-state index in [9.17, 15) is 40.7 Å². The number of esters is 2. The number of halogens is 6. The highest BCUT2D eigenvalue weighted by Crippen LogP contribution is 2.41. The molecule has 2 atom stereocenters. The lowest BCUT2D eigenvalue weighted by Gasteiger charge is -2.32. The number of hydrogen-bond acceptors (Lipinski definition) is 15. The lowest BCUT2D eigenvalue weighted by atomic mass is 9.72. The second-order valence-corrected chi connectivity index (χ2v) is 21.6. The lowest BCUT2D eigenvalue weighted by molar-refractivity contribution is -0.139. The van der Waals surface area contributed by atoms with Crippen molar-refractivity contribution < 1.29 is 69.1 Å². The summed E-state index contributed by atoms with van der Waals surface area (Å²) in [5.41, 5.74) is 3.77. The van der Waals surface area contributed by atoms with Crippen LogP contribution in [0.4, 0.5) is 43.0 Å². The molecule has 3 aliphatic rings. The number of rotatable bonds is 22. The molecule has 0 amide bonds. The van der Waals surface area contributed by atoms with Gasteiger partial charge in [-0.15, -0.1) is 0 Å². The largest absolute Gasteiger partial charge is 0.508 e. The molecule has 0 N–H and O–H groups in total. The van der Waals surface area contributed by atoms with Gasteiger partial charge in [0.05, 0.1) is 30.3 Å². The van der Waals surface area contributed by atoms with Crippen LogP contribution >= 0.6 is 0 Å². The minimum absolute atomic E-state index is 0.00918. The predicted molar refractivity (Wildman–Crippen MR) is 307 cm³/mol. The van der Waals surface area contributed by atoms with Gasteiger partial charge in [0.25, 0.3) is 0 Å². The van der Waals surface area contributed by atoms with E-state index in [-0.39, 0.29) is 71.9 Å². The number of aromatic nitrogens is 4. The summed E-state index contributed by atoms with van der Waals surface area (Å²) in [6.07, 6.45) is 6.21. The number of alkyl halides is 6. The van der Waals surface area contributed by atoms with Crippen LogP contribution in [0.3, 0.4) is 0 Å². The highest BCUT2D eigenvalue weighted by Gasteiger charge is 2.37. The number of anilines is 2. The van der Waals surface area contributed by atoms with Gasteiger partial charge in [0, 0.05) is 49.4 Å². The molecule has 4 heterocycles. The second kappa shape index (κ2) is 30.2. The zero-order valence-electron chi connectivity index (χ0n) is 49.2. The van der Waals surface area contributed by atoms with Gasteiger partial charge in [-0.1, -0.05) is 99.1 Å². The van der Waals surface area contributed by atoms with E-state index in [0.717, 1.165) is 36.1 Å². The summed E-state index contributed by atoms with van der Waals surface area (Å²) in [6, 6.07) is 12.9. The van der Waals surface area contributed by atoms with Crippen molar-refractivity contribution in [2.24, 2.45) is 23.2 Å². The van der Waals surface area contributed by atoms with Crippen molar-refractivity contribution in [1.82, 2.24) is 19.9 Å². The minimum atomic E-state index is -4.58. The number of para-hydroxylation sites is 2. The first-order valence-electron chi connectivity index (χ1n) is 28.2. The van der Waals surface area contributed by atoms with Crippen molar-refractivity contribution in [3.8, 4) is 11.5 Å². The molecule has 7 rings (SSSR count). The maximum atomic E-state index is 13.7. The van der Waals surface area contributed by atoms with Gasteiger partial charge in [0.2, 0.25) is 11.9 Å². The standard InChI is InChI=1S/C61H70F6N6O9.C2H6/c1-39(21-22-47-41(3)16-13-26-59(47,6)7)14-12-15-40(2)25-29-77-58(76)82-38-46(36-80-54(74)50-30-42(4)68-56(70-50)72-27-23-44(32-72)34-78-52-19-10-8-17-48(52)60(62,63)64)37-81-55(75)51-31-43(5)69-57(71-51)73-28-24-45(33-73)35-79-53-20-11-9-18-49(53)61(65,66)67;1-2/h8-12,14-15,17-22,25,30-31,44-46H,13,16,23-24,26-29,32-38H2,1-7H3;1-2H3/b15-12+,22-21+,39-14+,40-25+;. The van der Waals surface area contributed by atoms with Crippen LogP contribution < -0.4 is 19.3 Å². The molecule has 84 heavy (non-hydrogen) atoms. The molecule has 0 radical (unpaired) electrons. The van der Waals surface area contributed by atoms with Crippen LogP contribution in [0, 0.1) is 37.0 Å². The van der Waals surface area contributed by atoms with Crippen LogP contribution in [-0.4, -0.2) is 104 Å². The molecule has 0 spiro atoms. The highest BCUT2D eigenvalue weighted by molar-refractivity contribution is 5.88. The van der Waals surface area contributed by atoms with E-state index >= 15 is 0 Å². The first kappa shape index (κ1) is 65.4. The van der Waals surface area contributed by atoms with Crippen LogP contribution in [-0.2, 0) is 31.3 Å². The Hall–Kier alpha value is -7.71. The SMILES string of the molecule is CC.CC1=C(/C=C/C(C)=C/C=C/C(C)=C/COC(=O)OCC(COC(=O)c2cc(C)nc(N3CCC(COc4ccccc4C(F)(F)F)C3)n2)COC(=O)c2cc(C)nc(N3CCC(COc4ccccc4C(F)(F)F)C3)n2)C(C)(C)CCC1. The summed E-state index contributed by atoms with van der Waals surface area (Å²) in [4.78, 5) is 61.8. The number of nitrogens with zero attached hydrogens (tertiary/aromatic N) is 6. The zero-order valence-corrected chi connectivity index (χ0v) is 49.2. The Morgan fingerprint density at radius 1 is 0.679 bits per heavy atom. The number of allylic oxidation sites excluding steroid dienone is 9. The normalized spacial score (nSPS) is 17.9. The summed E-state index contributed by atoms with van der Waals surface area (Å²) < 4.78 is 115. The third kappa shape index (κ3) is 19.4. The van der Waals surface area contributed by atoms with Crippen molar-refractivity contribution >= 4 is 30.0 Å². The van der Waals surface area contributed by atoms with E-state index in [4.69, 9.17) is 28.4 Å². The molecule has 21 heteroatoms. The Balaban J connectivity index is 0.00000560.